The van der Waals surface area contributed by atoms with Gasteiger partial charge >= 0.3 is 0 Å². The maximum Gasteiger partial charge on any atom is 0.243 e. The standard InChI is InChI=1S/C20H22Cl2FN3O3S/c1-24(13-15-5-6-16(21)11-19(15)22)14-20(27)25-7-9-26(10-8-25)30(28,29)18-4-2-3-17(23)12-18/h2-6,11-12H,7-10,13-14H2,1H3. The first kappa shape index (κ1) is 23.0. The Hall–Kier alpha value is -1.71. The Labute approximate surface area is 185 Å². The van der Waals surface area contributed by atoms with Gasteiger partial charge in [0, 0.05) is 42.8 Å². The Morgan fingerprint density at radius 2 is 1.80 bits per heavy atom. The van der Waals surface area contributed by atoms with Crippen molar-refractivity contribution < 1.29 is 17.6 Å². The summed E-state index contributed by atoms with van der Waals surface area (Å²) in [4.78, 5) is 16.0. The number of amides is 1. The molecule has 1 heterocycles. The van der Waals surface area contributed by atoms with Crippen LogP contribution in [-0.2, 0) is 21.4 Å². The molecule has 30 heavy (non-hydrogen) atoms. The average molecular weight is 474 g/mol. The number of sulfonamides is 1. The molecule has 1 fully saturated rings. The zero-order valence-electron chi connectivity index (χ0n) is 16.4. The van der Waals surface area contributed by atoms with E-state index in [0.29, 0.717) is 16.6 Å². The van der Waals surface area contributed by atoms with Gasteiger partial charge in [0.25, 0.3) is 0 Å². The maximum atomic E-state index is 13.4. The molecule has 2 aromatic rings. The Kier molecular flexibility index (Phi) is 7.36. The minimum absolute atomic E-state index is 0.0816. The molecule has 0 aromatic heterocycles. The average Bonchev–Trinajstić information content (AvgIpc) is 2.70. The molecule has 0 spiro atoms. The van der Waals surface area contributed by atoms with Crippen molar-refractivity contribution in [2.75, 3.05) is 39.8 Å². The smallest absolute Gasteiger partial charge is 0.243 e. The van der Waals surface area contributed by atoms with Crippen LogP contribution in [0.4, 0.5) is 4.39 Å². The molecule has 162 valence electrons. The molecule has 1 amide bonds. The highest BCUT2D eigenvalue weighted by Gasteiger charge is 2.30. The van der Waals surface area contributed by atoms with Crippen LogP contribution in [0.5, 0.6) is 0 Å². The highest BCUT2D eigenvalue weighted by atomic mass is 35.5. The van der Waals surface area contributed by atoms with Gasteiger partial charge in [-0.3, -0.25) is 9.69 Å². The van der Waals surface area contributed by atoms with E-state index in [1.165, 1.54) is 22.5 Å². The second-order valence-electron chi connectivity index (χ2n) is 7.15. The number of carbonyl (C=O) groups is 1. The number of rotatable bonds is 6. The molecule has 1 saturated heterocycles. The number of halogens is 3. The summed E-state index contributed by atoms with van der Waals surface area (Å²) < 4.78 is 40.0. The van der Waals surface area contributed by atoms with Crippen LogP contribution in [-0.4, -0.2) is 68.2 Å². The van der Waals surface area contributed by atoms with Crippen molar-refractivity contribution in [1.82, 2.24) is 14.1 Å². The Morgan fingerprint density at radius 3 is 2.43 bits per heavy atom. The zero-order chi connectivity index (χ0) is 21.9. The molecule has 10 heteroatoms. The molecule has 0 aliphatic carbocycles. The summed E-state index contributed by atoms with van der Waals surface area (Å²) in [5.74, 6) is -0.695. The number of piperazine rings is 1. The minimum atomic E-state index is -3.79. The Bertz CT molecular complexity index is 1030. The van der Waals surface area contributed by atoms with E-state index in [0.717, 1.165) is 11.6 Å². The van der Waals surface area contributed by atoms with E-state index in [4.69, 9.17) is 23.2 Å². The monoisotopic (exact) mass is 473 g/mol. The molecular weight excluding hydrogens is 452 g/mol. The van der Waals surface area contributed by atoms with Crippen molar-refractivity contribution in [3.63, 3.8) is 0 Å². The van der Waals surface area contributed by atoms with Gasteiger partial charge < -0.3 is 4.90 Å². The first-order valence-electron chi connectivity index (χ1n) is 9.33. The summed E-state index contributed by atoms with van der Waals surface area (Å²) >= 11 is 12.1. The summed E-state index contributed by atoms with van der Waals surface area (Å²) in [5.41, 5.74) is 0.863. The van der Waals surface area contributed by atoms with E-state index in [9.17, 15) is 17.6 Å². The van der Waals surface area contributed by atoms with E-state index in [1.807, 2.05) is 18.0 Å². The van der Waals surface area contributed by atoms with Crippen molar-refractivity contribution >= 4 is 39.1 Å². The van der Waals surface area contributed by atoms with Gasteiger partial charge in [0.1, 0.15) is 5.82 Å². The number of nitrogens with zero attached hydrogens (tertiary/aromatic N) is 3. The summed E-state index contributed by atoms with van der Waals surface area (Å²) in [7, 11) is -1.97. The third-order valence-electron chi connectivity index (χ3n) is 4.89. The van der Waals surface area contributed by atoms with Gasteiger partial charge in [-0.05, 0) is 42.9 Å². The van der Waals surface area contributed by atoms with Crippen molar-refractivity contribution in [3.8, 4) is 0 Å². The van der Waals surface area contributed by atoms with Gasteiger partial charge in [0.05, 0.1) is 11.4 Å². The fourth-order valence-electron chi connectivity index (χ4n) is 3.28. The van der Waals surface area contributed by atoms with E-state index >= 15 is 0 Å². The highest BCUT2D eigenvalue weighted by Crippen LogP contribution is 2.22. The molecule has 0 radical (unpaired) electrons. The molecule has 1 aliphatic rings. The molecule has 3 rings (SSSR count). The molecule has 0 atom stereocenters. The summed E-state index contributed by atoms with van der Waals surface area (Å²) in [5, 5.41) is 1.09. The first-order chi connectivity index (χ1) is 14.2. The van der Waals surface area contributed by atoms with E-state index in [2.05, 4.69) is 0 Å². The molecule has 2 aromatic carbocycles. The van der Waals surface area contributed by atoms with Gasteiger partial charge in [-0.15, -0.1) is 0 Å². The van der Waals surface area contributed by atoms with Crippen LogP contribution in [0.2, 0.25) is 10.0 Å². The second kappa shape index (κ2) is 9.62. The maximum absolute atomic E-state index is 13.4. The van der Waals surface area contributed by atoms with Crippen molar-refractivity contribution in [1.29, 1.82) is 0 Å². The molecule has 6 nitrogen and oxygen atoms in total. The van der Waals surface area contributed by atoms with Gasteiger partial charge in [0.15, 0.2) is 0 Å². The second-order valence-corrected chi connectivity index (χ2v) is 9.93. The van der Waals surface area contributed by atoms with E-state index < -0.39 is 15.8 Å². The number of hydrogen-bond acceptors (Lipinski definition) is 4. The highest BCUT2D eigenvalue weighted by molar-refractivity contribution is 7.89. The van der Waals surface area contributed by atoms with Crippen LogP contribution in [0.1, 0.15) is 5.56 Å². The van der Waals surface area contributed by atoms with E-state index in [-0.39, 0.29) is 43.5 Å². The predicted molar refractivity (Wildman–Crippen MR) is 115 cm³/mol. The lowest BCUT2D eigenvalue weighted by Crippen LogP contribution is -2.52. The SMILES string of the molecule is CN(CC(=O)N1CCN(S(=O)(=O)c2cccc(F)c2)CC1)Cc1ccc(Cl)cc1Cl. The lowest BCUT2D eigenvalue weighted by Gasteiger charge is -2.34. The van der Waals surface area contributed by atoms with Crippen molar-refractivity contribution in [2.45, 2.75) is 11.4 Å². The van der Waals surface area contributed by atoms with Gasteiger partial charge in [0.2, 0.25) is 15.9 Å². The number of likely N-dealkylation sites (N-methyl/N-ethyl adjacent to an activating group) is 1. The van der Waals surface area contributed by atoms with Crippen LogP contribution in [0, 0.1) is 5.82 Å². The largest absolute Gasteiger partial charge is 0.339 e. The van der Waals surface area contributed by atoms with Crippen LogP contribution in [0.3, 0.4) is 0 Å². The molecule has 0 N–H and O–H groups in total. The molecule has 0 saturated carbocycles. The van der Waals surface area contributed by atoms with Crippen molar-refractivity contribution in [2.24, 2.45) is 0 Å². The Morgan fingerprint density at radius 1 is 1.10 bits per heavy atom. The predicted octanol–water partition coefficient (Wildman–Crippen LogP) is 3.10. The molecule has 1 aliphatic heterocycles. The van der Waals surface area contributed by atoms with Crippen LogP contribution in [0.15, 0.2) is 47.4 Å². The Balaban J connectivity index is 1.55. The summed E-state index contributed by atoms with van der Waals surface area (Å²) in [6.45, 7) is 1.55. The van der Waals surface area contributed by atoms with Gasteiger partial charge in [-0.2, -0.15) is 4.31 Å². The van der Waals surface area contributed by atoms with Crippen LogP contribution in [0.25, 0.3) is 0 Å². The van der Waals surface area contributed by atoms with Crippen molar-refractivity contribution in [3.05, 3.63) is 63.9 Å². The number of carbonyl (C=O) groups excluding carboxylic acids is 1. The van der Waals surface area contributed by atoms with E-state index in [1.54, 1.807) is 17.0 Å². The third-order valence-corrected chi connectivity index (χ3v) is 7.37. The number of benzene rings is 2. The lowest BCUT2D eigenvalue weighted by atomic mass is 10.2. The molecule has 0 bridgehead atoms. The quantitative estimate of drug-likeness (QED) is 0.646. The fraction of sp³-hybridized carbons (Fsp3) is 0.350. The lowest BCUT2D eigenvalue weighted by molar-refractivity contribution is -0.133. The summed E-state index contributed by atoms with van der Waals surface area (Å²) in [6.07, 6.45) is 0. The zero-order valence-corrected chi connectivity index (χ0v) is 18.7. The fourth-order valence-corrected chi connectivity index (χ4v) is 5.20. The number of hydrogen-bond donors (Lipinski definition) is 0. The van der Waals surface area contributed by atoms with Crippen LogP contribution < -0.4 is 0 Å². The molecule has 0 unspecified atom stereocenters. The van der Waals surface area contributed by atoms with Crippen LogP contribution >= 0.6 is 23.2 Å². The normalized spacial score (nSPS) is 15.6. The summed E-state index contributed by atoms with van der Waals surface area (Å²) in [6, 6.07) is 10.2. The third kappa shape index (κ3) is 5.50. The first-order valence-corrected chi connectivity index (χ1v) is 11.5. The van der Waals surface area contributed by atoms with Gasteiger partial charge in [-0.1, -0.05) is 35.3 Å². The van der Waals surface area contributed by atoms with Gasteiger partial charge in [-0.25, -0.2) is 12.8 Å². The topological polar surface area (TPSA) is 60.9 Å². The minimum Gasteiger partial charge on any atom is -0.339 e. The molecular formula is C20H22Cl2FN3O3S.